The van der Waals surface area contributed by atoms with E-state index in [1.165, 1.54) is 5.39 Å². The molecule has 28 heavy (non-hydrogen) atoms. The molecule has 0 atom stereocenters. The van der Waals surface area contributed by atoms with Gasteiger partial charge in [-0.05, 0) is 44.4 Å². The normalized spacial score (nSPS) is 11.8. The van der Waals surface area contributed by atoms with E-state index in [0.29, 0.717) is 13.1 Å². The van der Waals surface area contributed by atoms with E-state index in [9.17, 15) is 0 Å². The Hall–Kier alpha value is -2.22. The molecule has 6 heteroatoms. The fourth-order valence-electron chi connectivity index (χ4n) is 2.89. The lowest BCUT2D eigenvalue weighted by atomic mass is 10.1. The Labute approximate surface area is 184 Å². The predicted octanol–water partition coefficient (Wildman–Crippen LogP) is 4.83. The summed E-state index contributed by atoms with van der Waals surface area (Å²) >= 11 is 0. The number of aliphatic imine (C=N–C) groups is 1. The smallest absolute Gasteiger partial charge is 0.191 e. The van der Waals surface area contributed by atoms with Crippen LogP contribution in [0.15, 0.2) is 59.6 Å². The third-order valence-electron chi connectivity index (χ3n) is 4.09. The van der Waals surface area contributed by atoms with Crippen molar-refractivity contribution in [3.05, 3.63) is 65.9 Å². The number of aromatic nitrogens is 1. The van der Waals surface area contributed by atoms with Crippen LogP contribution in [0.2, 0.25) is 0 Å². The molecule has 150 valence electrons. The van der Waals surface area contributed by atoms with Crippen molar-refractivity contribution < 1.29 is 4.74 Å². The first kappa shape index (κ1) is 22.1. The highest BCUT2D eigenvalue weighted by Gasteiger charge is 2.14. The maximum atomic E-state index is 6.06. The molecule has 0 fully saturated rings. The molecule has 0 unspecified atom stereocenters. The quantitative estimate of drug-likeness (QED) is 0.272. The summed E-state index contributed by atoms with van der Waals surface area (Å²) in [6.07, 6.45) is 0. The zero-order chi connectivity index (χ0) is 19.3. The molecule has 1 aromatic heterocycles. The van der Waals surface area contributed by atoms with Crippen LogP contribution < -0.4 is 15.4 Å². The van der Waals surface area contributed by atoms with Gasteiger partial charge in [-0.1, -0.05) is 36.4 Å². The van der Waals surface area contributed by atoms with Gasteiger partial charge in [0.05, 0.1) is 6.54 Å². The van der Waals surface area contributed by atoms with Crippen molar-refractivity contribution >= 4 is 40.8 Å². The van der Waals surface area contributed by atoms with E-state index in [1.54, 1.807) is 7.05 Å². The zero-order valence-corrected chi connectivity index (χ0v) is 19.2. The van der Waals surface area contributed by atoms with Gasteiger partial charge in [0.2, 0.25) is 0 Å². The fourth-order valence-corrected chi connectivity index (χ4v) is 2.89. The maximum absolute atomic E-state index is 6.06. The first-order valence-electron chi connectivity index (χ1n) is 9.23. The average molecular weight is 492 g/mol. The standard InChI is InChI=1S/C22H28N4O.HI/c1-22(2,3)27-20-12-8-6-10-17(20)14-24-21(23-4)25-15-18-13-16-9-5-7-11-19(16)26-18;/h5-13,26H,14-15H2,1-4H3,(H2,23,24,25);1H. The number of H-pyrrole nitrogens is 1. The minimum Gasteiger partial charge on any atom is -0.488 e. The predicted molar refractivity (Wildman–Crippen MR) is 128 cm³/mol. The monoisotopic (exact) mass is 492 g/mol. The second-order valence-corrected chi connectivity index (χ2v) is 7.48. The third-order valence-corrected chi connectivity index (χ3v) is 4.09. The topological polar surface area (TPSA) is 61.4 Å². The van der Waals surface area contributed by atoms with Crippen molar-refractivity contribution in [2.45, 2.75) is 39.5 Å². The molecule has 0 aliphatic rings. The summed E-state index contributed by atoms with van der Waals surface area (Å²) < 4.78 is 6.06. The summed E-state index contributed by atoms with van der Waals surface area (Å²) in [4.78, 5) is 7.73. The molecule has 3 aromatic rings. The number of benzene rings is 2. The molecule has 2 aromatic carbocycles. The van der Waals surface area contributed by atoms with Crippen molar-refractivity contribution in [1.82, 2.24) is 15.6 Å². The minimum atomic E-state index is -0.231. The number of hydrogen-bond donors (Lipinski definition) is 3. The van der Waals surface area contributed by atoms with Gasteiger partial charge in [0.25, 0.3) is 0 Å². The van der Waals surface area contributed by atoms with E-state index in [4.69, 9.17) is 4.74 Å². The van der Waals surface area contributed by atoms with E-state index in [0.717, 1.165) is 28.5 Å². The summed E-state index contributed by atoms with van der Waals surface area (Å²) in [5.74, 6) is 1.64. The van der Waals surface area contributed by atoms with Crippen molar-refractivity contribution in [2.24, 2.45) is 4.99 Å². The van der Waals surface area contributed by atoms with Gasteiger partial charge in [-0.2, -0.15) is 0 Å². The van der Waals surface area contributed by atoms with Gasteiger partial charge in [0.15, 0.2) is 5.96 Å². The highest BCUT2D eigenvalue weighted by molar-refractivity contribution is 14.0. The van der Waals surface area contributed by atoms with Crippen molar-refractivity contribution in [1.29, 1.82) is 0 Å². The number of fused-ring (bicyclic) bond motifs is 1. The second kappa shape index (κ2) is 9.82. The molecular formula is C22H29IN4O. The van der Waals surface area contributed by atoms with Gasteiger partial charge in [0.1, 0.15) is 11.4 Å². The van der Waals surface area contributed by atoms with Gasteiger partial charge in [-0.3, -0.25) is 4.99 Å². The number of hydrogen-bond acceptors (Lipinski definition) is 2. The highest BCUT2D eigenvalue weighted by atomic mass is 127. The molecular weight excluding hydrogens is 463 g/mol. The van der Waals surface area contributed by atoms with E-state index in [-0.39, 0.29) is 29.6 Å². The molecule has 0 saturated heterocycles. The Morgan fingerprint density at radius 2 is 1.68 bits per heavy atom. The van der Waals surface area contributed by atoms with Crippen LogP contribution in [-0.2, 0) is 13.1 Å². The van der Waals surface area contributed by atoms with E-state index >= 15 is 0 Å². The van der Waals surface area contributed by atoms with Gasteiger partial charge in [-0.25, -0.2) is 0 Å². The summed E-state index contributed by atoms with van der Waals surface area (Å²) in [6.45, 7) is 7.47. The number of para-hydroxylation sites is 2. The van der Waals surface area contributed by atoms with E-state index in [1.807, 2.05) is 30.3 Å². The molecule has 3 N–H and O–H groups in total. The maximum Gasteiger partial charge on any atom is 0.191 e. The molecule has 3 rings (SSSR count). The molecule has 5 nitrogen and oxygen atoms in total. The Bertz CT molecular complexity index is 894. The van der Waals surface area contributed by atoms with Gasteiger partial charge in [0, 0.05) is 30.4 Å². The summed E-state index contributed by atoms with van der Waals surface area (Å²) in [7, 11) is 1.78. The molecule has 0 saturated carbocycles. The fraction of sp³-hybridized carbons (Fsp3) is 0.318. The van der Waals surface area contributed by atoms with Crippen LogP contribution in [0, 0.1) is 0 Å². The lowest BCUT2D eigenvalue weighted by molar-refractivity contribution is 0.129. The average Bonchev–Trinajstić information content (AvgIpc) is 3.04. The number of halogens is 1. The van der Waals surface area contributed by atoms with E-state index < -0.39 is 0 Å². The van der Waals surface area contributed by atoms with Crippen LogP contribution in [-0.4, -0.2) is 23.6 Å². The third kappa shape index (κ3) is 6.15. The Morgan fingerprint density at radius 1 is 1.00 bits per heavy atom. The number of nitrogens with zero attached hydrogens (tertiary/aromatic N) is 1. The van der Waals surface area contributed by atoms with Crippen molar-refractivity contribution in [2.75, 3.05) is 7.05 Å². The number of ether oxygens (including phenoxy) is 1. The second-order valence-electron chi connectivity index (χ2n) is 7.48. The molecule has 0 aliphatic carbocycles. The summed E-state index contributed by atoms with van der Waals surface area (Å²) in [6, 6.07) is 18.5. The molecule has 0 radical (unpaired) electrons. The lowest BCUT2D eigenvalue weighted by Crippen LogP contribution is -2.36. The molecule has 0 bridgehead atoms. The number of nitrogens with one attached hydrogen (secondary N) is 3. The van der Waals surface area contributed by atoms with E-state index in [2.05, 4.69) is 65.6 Å². The SMILES string of the molecule is CN=C(NCc1cc2ccccc2[nH]1)NCc1ccccc1OC(C)(C)C.I. The van der Waals surface area contributed by atoms with Gasteiger partial charge in [-0.15, -0.1) is 24.0 Å². The first-order valence-corrected chi connectivity index (χ1v) is 9.23. The Balaban J connectivity index is 0.00000280. The lowest BCUT2D eigenvalue weighted by Gasteiger charge is -2.23. The number of rotatable bonds is 5. The molecule has 0 aliphatic heterocycles. The Kier molecular flexibility index (Phi) is 7.74. The van der Waals surface area contributed by atoms with Gasteiger partial charge >= 0.3 is 0 Å². The van der Waals surface area contributed by atoms with Crippen LogP contribution >= 0.6 is 24.0 Å². The van der Waals surface area contributed by atoms with Gasteiger partial charge < -0.3 is 20.4 Å². The zero-order valence-electron chi connectivity index (χ0n) is 16.9. The largest absolute Gasteiger partial charge is 0.488 e. The molecule has 0 spiro atoms. The van der Waals surface area contributed by atoms with Crippen LogP contribution in [0.5, 0.6) is 5.75 Å². The van der Waals surface area contributed by atoms with Crippen molar-refractivity contribution in [3.63, 3.8) is 0 Å². The highest BCUT2D eigenvalue weighted by Crippen LogP contribution is 2.22. The Morgan fingerprint density at radius 3 is 2.39 bits per heavy atom. The number of aromatic amines is 1. The first-order chi connectivity index (χ1) is 12.9. The van der Waals surface area contributed by atoms with Crippen LogP contribution in [0.1, 0.15) is 32.0 Å². The number of guanidine groups is 1. The summed E-state index contributed by atoms with van der Waals surface area (Å²) in [5, 5.41) is 7.93. The minimum absolute atomic E-state index is 0. The molecule has 0 amide bonds. The van der Waals surface area contributed by atoms with Crippen LogP contribution in [0.4, 0.5) is 0 Å². The van der Waals surface area contributed by atoms with Crippen molar-refractivity contribution in [3.8, 4) is 5.75 Å². The van der Waals surface area contributed by atoms with Crippen LogP contribution in [0.3, 0.4) is 0 Å². The molecule has 1 heterocycles. The van der Waals surface area contributed by atoms with Crippen LogP contribution in [0.25, 0.3) is 10.9 Å². The summed E-state index contributed by atoms with van der Waals surface area (Å²) in [5.41, 5.74) is 3.13.